The van der Waals surface area contributed by atoms with Gasteiger partial charge in [0.05, 0.1) is 4.92 Å². The zero-order valence-corrected chi connectivity index (χ0v) is 13.6. The number of nitrogens with zero attached hydrogens (tertiary/aromatic N) is 3. The van der Waals surface area contributed by atoms with Gasteiger partial charge in [0.25, 0.3) is 5.69 Å². The van der Waals surface area contributed by atoms with Gasteiger partial charge in [0.15, 0.2) is 0 Å². The number of nitro benzene ring substituents is 1. The maximum Gasteiger partial charge on any atom is 0.339 e. The standard InChI is InChI=1S/C15H11N3O6S/c1-10-16-15(17-23-10)11-2-6-13(7-3-11)24-25(21,22)14-8-4-12(5-9-14)18(19)20/h2-9H,1H3. The van der Waals surface area contributed by atoms with Crippen molar-refractivity contribution in [3.63, 3.8) is 0 Å². The Labute approximate surface area is 142 Å². The summed E-state index contributed by atoms with van der Waals surface area (Å²) >= 11 is 0. The maximum absolute atomic E-state index is 12.2. The highest BCUT2D eigenvalue weighted by atomic mass is 32.2. The van der Waals surface area contributed by atoms with Crippen LogP contribution in [0.15, 0.2) is 57.9 Å². The minimum Gasteiger partial charge on any atom is -0.379 e. The lowest BCUT2D eigenvalue weighted by Crippen LogP contribution is -2.09. The van der Waals surface area contributed by atoms with Crippen LogP contribution in [-0.2, 0) is 10.1 Å². The number of aryl methyl sites for hydroxylation is 1. The van der Waals surface area contributed by atoms with Gasteiger partial charge in [0.1, 0.15) is 10.6 Å². The van der Waals surface area contributed by atoms with Crippen LogP contribution in [0.25, 0.3) is 11.4 Å². The van der Waals surface area contributed by atoms with Gasteiger partial charge < -0.3 is 8.71 Å². The molecule has 1 aromatic heterocycles. The first kappa shape index (κ1) is 16.6. The number of hydrogen-bond acceptors (Lipinski definition) is 8. The van der Waals surface area contributed by atoms with Crippen molar-refractivity contribution < 1.29 is 22.0 Å². The number of benzene rings is 2. The average molecular weight is 361 g/mol. The largest absolute Gasteiger partial charge is 0.379 e. The van der Waals surface area contributed by atoms with Gasteiger partial charge in [-0.15, -0.1) is 0 Å². The van der Waals surface area contributed by atoms with Crippen molar-refractivity contribution in [3.8, 4) is 17.1 Å². The first-order valence-electron chi connectivity index (χ1n) is 6.95. The molecular weight excluding hydrogens is 350 g/mol. The van der Waals surface area contributed by atoms with Gasteiger partial charge in [0.2, 0.25) is 11.7 Å². The van der Waals surface area contributed by atoms with Gasteiger partial charge >= 0.3 is 10.1 Å². The van der Waals surface area contributed by atoms with Gasteiger partial charge in [-0.2, -0.15) is 13.4 Å². The summed E-state index contributed by atoms with van der Waals surface area (Å²) in [5.41, 5.74) is 0.427. The molecule has 0 radical (unpaired) electrons. The summed E-state index contributed by atoms with van der Waals surface area (Å²) in [7, 11) is -4.10. The summed E-state index contributed by atoms with van der Waals surface area (Å²) in [6.07, 6.45) is 0. The maximum atomic E-state index is 12.2. The fourth-order valence-electron chi connectivity index (χ4n) is 1.99. The zero-order valence-electron chi connectivity index (χ0n) is 12.8. The van der Waals surface area contributed by atoms with E-state index in [1.807, 2.05) is 0 Å². The lowest BCUT2D eigenvalue weighted by Gasteiger charge is -2.07. The molecule has 0 atom stereocenters. The molecule has 3 rings (SSSR count). The fourth-order valence-corrected chi connectivity index (χ4v) is 2.92. The van der Waals surface area contributed by atoms with Crippen molar-refractivity contribution in [2.24, 2.45) is 0 Å². The van der Waals surface area contributed by atoms with E-state index >= 15 is 0 Å². The topological polar surface area (TPSA) is 125 Å². The predicted molar refractivity (Wildman–Crippen MR) is 85.4 cm³/mol. The van der Waals surface area contributed by atoms with Crippen molar-refractivity contribution in [2.75, 3.05) is 0 Å². The molecule has 2 aromatic carbocycles. The van der Waals surface area contributed by atoms with Crippen molar-refractivity contribution in [3.05, 3.63) is 64.5 Å². The highest BCUT2D eigenvalue weighted by Crippen LogP contribution is 2.24. The molecule has 10 heteroatoms. The van der Waals surface area contributed by atoms with Crippen molar-refractivity contribution >= 4 is 15.8 Å². The summed E-state index contributed by atoms with van der Waals surface area (Å²) in [5, 5.41) is 14.4. The van der Waals surface area contributed by atoms with Crippen LogP contribution in [-0.4, -0.2) is 23.5 Å². The predicted octanol–water partition coefficient (Wildman–Crippen LogP) is 2.72. The second-order valence-electron chi connectivity index (χ2n) is 4.95. The Morgan fingerprint density at radius 2 is 1.72 bits per heavy atom. The average Bonchev–Trinajstić information content (AvgIpc) is 3.02. The van der Waals surface area contributed by atoms with E-state index in [4.69, 9.17) is 8.71 Å². The number of aromatic nitrogens is 2. The molecule has 1 heterocycles. The van der Waals surface area contributed by atoms with E-state index in [2.05, 4.69) is 10.1 Å². The monoisotopic (exact) mass is 361 g/mol. The second kappa shape index (κ2) is 6.32. The van der Waals surface area contributed by atoms with Crippen LogP contribution < -0.4 is 4.18 Å². The molecule has 0 saturated heterocycles. The van der Waals surface area contributed by atoms with Crippen LogP contribution in [0.5, 0.6) is 5.75 Å². The lowest BCUT2D eigenvalue weighted by atomic mass is 10.2. The molecule has 3 aromatic rings. The van der Waals surface area contributed by atoms with Gasteiger partial charge in [-0.3, -0.25) is 10.1 Å². The van der Waals surface area contributed by atoms with E-state index in [0.29, 0.717) is 17.3 Å². The summed E-state index contributed by atoms with van der Waals surface area (Å²) in [6, 6.07) is 10.5. The zero-order chi connectivity index (χ0) is 18.0. The molecule has 0 unspecified atom stereocenters. The Hall–Kier alpha value is -3.27. The molecular formula is C15H11N3O6S. The summed E-state index contributed by atoms with van der Waals surface area (Å²) in [5.74, 6) is 0.876. The summed E-state index contributed by atoms with van der Waals surface area (Å²) in [4.78, 5) is 13.9. The Morgan fingerprint density at radius 3 is 2.24 bits per heavy atom. The summed E-state index contributed by atoms with van der Waals surface area (Å²) < 4.78 is 34.3. The van der Waals surface area contributed by atoms with Gasteiger partial charge in [-0.05, 0) is 36.4 Å². The van der Waals surface area contributed by atoms with Crippen molar-refractivity contribution in [2.45, 2.75) is 11.8 Å². The Kier molecular flexibility index (Phi) is 4.19. The molecule has 0 spiro atoms. The minimum atomic E-state index is -4.10. The first-order chi connectivity index (χ1) is 11.8. The van der Waals surface area contributed by atoms with Gasteiger partial charge in [0, 0.05) is 24.6 Å². The minimum absolute atomic E-state index is 0.0855. The molecule has 25 heavy (non-hydrogen) atoms. The Morgan fingerprint density at radius 1 is 1.08 bits per heavy atom. The van der Waals surface area contributed by atoms with Crippen LogP contribution in [0.1, 0.15) is 5.89 Å². The third kappa shape index (κ3) is 3.63. The Bertz CT molecular complexity index is 1010. The highest BCUT2D eigenvalue weighted by molar-refractivity contribution is 7.87. The molecule has 128 valence electrons. The molecule has 0 bridgehead atoms. The van der Waals surface area contributed by atoms with E-state index in [-0.39, 0.29) is 16.3 Å². The van der Waals surface area contributed by atoms with Crippen LogP contribution in [0.4, 0.5) is 5.69 Å². The SMILES string of the molecule is Cc1nc(-c2ccc(OS(=O)(=O)c3ccc([N+](=O)[O-])cc3)cc2)no1. The fraction of sp³-hybridized carbons (Fsp3) is 0.0667. The van der Waals surface area contributed by atoms with E-state index in [1.165, 1.54) is 12.1 Å². The number of hydrogen-bond donors (Lipinski definition) is 0. The molecule has 0 amide bonds. The highest BCUT2D eigenvalue weighted by Gasteiger charge is 2.18. The van der Waals surface area contributed by atoms with Gasteiger partial charge in [-0.25, -0.2) is 0 Å². The lowest BCUT2D eigenvalue weighted by molar-refractivity contribution is -0.384. The molecule has 0 saturated carbocycles. The normalized spacial score (nSPS) is 11.2. The second-order valence-corrected chi connectivity index (χ2v) is 6.50. The number of rotatable bonds is 5. The molecule has 0 aliphatic carbocycles. The van der Waals surface area contributed by atoms with Crippen LogP contribution in [0.2, 0.25) is 0 Å². The van der Waals surface area contributed by atoms with E-state index < -0.39 is 15.0 Å². The molecule has 0 aliphatic rings. The molecule has 0 fully saturated rings. The van der Waals surface area contributed by atoms with Crippen LogP contribution in [0, 0.1) is 17.0 Å². The molecule has 0 aliphatic heterocycles. The third-order valence-electron chi connectivity index (χ3n) is 3.18. The molecule has 0 N–H and O–H groups in total. The number of non-ortho nitro benzene ring substituents is 1. The van der Waals surface area contributed by atoms with E-state index in [1.54, 1.807) is 19.1 Å². The van der Waals surface area contributed by atoms with Gasteiger partial charge in [-0.1, -0.05) is 5.16 Å². The Balaban J connectivity index is 1.79. The summed E-state index contributed by atoms with van der Waals surface area (Å²) in [6.45, 7) is 1.66. The molecule has 9 nitrogen and oxygen atoms in total. The van der Waals surface area contributed by atoms with Crippen molar-refractivity contribution in [1.29, 1.82) is 0 Å². The smallest absolute Gasteiger partial charge is 0.339 e. The van der Waals surface area contributed by atoms with E-state index in [9.17, 15) is 18.5 Å². The van der Waals surface area contributed by atoms with E-state index in [0.717, 1.165) is 24.3 Å². The number of nitro groups is 1. The van der Waals surface area contributed by atoms with Crippen LogP contribution in [0.3, 0.4) is 0 Å². The first-order valence-corrected chi connectivity index (χ1v) is 8.36. The third-order valence-corrected chi connectivity index (χ3v) is 4.44. The quantitative estimate of drug-likeness (QED) is 0.386. The van der Waals surface area contributed by atoms with Crippen molar-refractivity contribution in [1.82, 2.24) is 10.1 Å². The van der Waals surface area contributed by atoms with Crippen LogP contribution >= 0.6 is 0 Å².